The first-order valence-electron chi connectivity index (χ1n) is 10.1. The van der Waals surface area contributed by atoms with Gasteiger partial charge in [-0.2, -0.15) is 12.6 Å². The first-order valence-corrected chi connectivity index (χ1v) is 10.7. The summed E-state index contributed by atoms with van der Waals surface area (Å²) in [6.45, 7) is 6.83. The van der Waals surface area contributed by atoms with Gasteiger partial charge < -0.3 is 31.9 Å². The topological polar surface area (TPSA) is 188 Å². The molecule has 5 unspecified atom stereocenters. The van der Waals surface area contributed by atoms with E-state index in [1.54, 1.807) is 27.7 Å². The normalized spacial score (nSPS) is 15.8. The van der Waals surface area contributed by atoms with E-state index in [9.17, 15) is 29.1 Å². The average molecular weight is 463 g/mol. The smallest absolute Gasteiger partial charge is 0.326 e. The van der Waals surface area contributed by atoms with Gasteiger partial charge >= 0.3 is 11.9 Å². The molecule has 0 saturated heterocycles. The molecular formula is C19H34N4O7S. The lowest BCUT2D eigenvalue weighted by molar-refractivity contribution is -0.143. The molecule has 0 aromatic rings. The number of carboxylic acids is 2. The largest absolute Gasteiger partial charge is 0.481 e. The monoisotopic (exact) mass is 462 g/mol. The van der Waals surface area contributed by atoms with Gasteiger partial charge in [-0.1, -0.05) is 34.1 Å². The Labute approximate surface area is 187 Å². The van der Waals surface area contributed by atoms with Crippen LogP contribution < -0.4 is 21.7 Å². The second kappa shape index (κ2) is 13.9. The van der Waals surface area contributed by atoms with Crippen LogP contribution in [0.2, 0.25) is 0 Å². The van der Waals surface area contributed by atoms with Crippen LogP contribution in [0.5, 0.6) is 0 Å². The summed E-state index contributed by atoms with van der Waals surface area (Å²) in [4.78, 5) is 59.5. The maximum Gasteiger partial charge on any atom is 0.326 e. The Kier molecular flexibility index (Phi) is 12.8. The van der Waals surface area contributed by atoms with Crippen LogP contribution in [0, 0.1) is 11.8 Å². The molecule has 0 aliphatic carbocycles. The summed E-state index contributed by atoms with van der Waals surface area (Å²) in [7, 11) is 0. The predicted molar refractivity (Wildman–Crippen MR) is 116 cm³/mol. The molecule has 0 spiro atoms. The Hall–Kier alpha value is -2.34. The summed E-state index contributed by atoms with van der Waals surface area (Å²) in [5, 5.41) is 25.4. The number of thiol groups is 1. The van der Waals surface area contributed by atoms with Gasteiger partial charge in [0.2, 0.25) is 17.7 Å². The number of amides is 3. The second-order valence-electron chi connectivity index (χ2n) is 7.72. The first kappa shape index (κ1) is 28.7. The van der Waals surface area contributed by atoms with Crippen LogP contribution in [0.1, 0.15) is 47.0 Å². The molecule has 3 amide bonds. The molecule has 5 atom stereocenters. The molecule has 0 aliphatic heterocycles. The van der Waals surface area contributed by atoms with Crippen LogP contribution in [0.15, 0.2) is 0 Å². The molecule has 0 aliphatic rings. The van der Waals surface area contributed by atoms with E-state index in [1.165, 1.54) is 0 Å². The average Bonchev–Trinajstić information content (AvgIpc) is 2.70. The lowest BCUT2D eigenvalue weighted by Crippen LogP contribution is -2.59. The van der Waals surface area contributed by atoms with Crippen molar-refractivity contribution in [1.82, 2.24) is 16.0 Å². The molecule has 31 heavy (non-hydrogen) atoms. The summed E-state index contributed by atoms with van der Waals surface area (Å²) >= 11 is 4.06. The van der Waals surface area contributed by atoms with Gasteiger partial charge in [0.05, 0.1) is 6.04 Å². The molecule has 11 nitrogen and oxygen atoms in total. The quantitative estimate of drug-likeness (QED) is 0.166. The predicted octanol–water partition coefficient (Wildman–Crippen LogP) is -0.651. The van der Waals surface area contributed by atoms with Crippen LogP contribution in [-0.2, 0) is 24.0 Å². The van der Waals surface area contributed by atoms with Gasteiger partial charge in [0, 0.05) is 12.2 Å². The highest BCUT2D eigenvalue weighted by molar-refractivity contribution is 7.80. The first-order chi connectivity index (χ1) is 14.3. The molecule has 0 aromatic heterocycles. The third-order valence-electron chi connectivity index (χ3n) is 4.85. The summed E-state index contributed by atoms with van der Waals surface area (Å²) < 4.78 is 0. The molecule has 178 valence electrons. The number of carbonyl (C=O) groups excluding carboxylic acids is 3. The molecule has 0 saturated carbocycles. The van der Waals surface area contributed by atoms with Crippen molar-refractivity contribution in [2.24, 2.45) is 17.6 Å². The summed E-state index contributed by atoms with van der Waals surface area (Å²) in [6.07, 6.45) is 0.135. The maximum absolute atomic E-state index is 12.7. The van der Waals surface area contributed by atoms with Crippen LogP contribution in [0.4, 0.5) is 0 Å². The molecule has 7 N–H and O–H groups in total. The SMILES string of the molecule is CCC(C)C(NC(=O)C(CS)NC(=O)C(NC(=O)C(N)CCC(=O)O)C(C)C)C(=O)O. The van der Waals surface area contributed by atoms with Crippen molar-refractivity contribution in [3.63, 3.8) is 0 Å². The summed E-state index contributed by atoms with van der Waals surface area (Å²) in [5.41, 5.74) is 5.68. The number of nitrogens with two attached hydrogens (primary N) is 1. The van der Waals surface area contributed by atoms with Gasteiger partial charge in [0.25, 0.3) is 0 Å². The van der Waals surface area contributed by atoms with Crippen molar-refractivity contribution < 1.29 is 34.2 Å². The highest BCUT2D eigenvalue weighted by Gasteiger charge is 2.32. The Bertz CT molecular complexity index is 659. The fraction of sp³-hybridized carbons (Fsp3) is 0.737. The summed E-state index contributed by atoms with van der Waals surface area (Å²) in [5.74, 6) is -5.14. The number of hydrogen-bond acceptors (Lipinski definition) is 7. The van der Waals surface area contributed by atoms with E-state index in [0.29, 0.717) is 6.42 Å². The van der Waals surface area contributed by atoms with Crippen LogP contribution in [-0.4, -0.2) is 69.8 Å². The van der Waals surface area contributed by atoms with E-state index >= 15 is 0 Å². The zero-order valence-corrected chi connectivity index (χ0v) is 19.1. The molecule has 0 aromatic carbocycles. The number of rotatable bonds is 14. The molecule has 0 rings (SSSR count). The molecule has 0 radical (unpaired) electrons. The minimum Gasteiger partial charge on any atom is -0.481 e. The van der Waals surface area contributed by atoms with Crippen molar-refractivity contribution in [3.8, 4) is 0 Å². The standard InChI is InChI=1S/C19H34N4O7S/c1-5-10(4)15(19(29)30)23-17(27)12(8-31)21-18(28)14(9(2)3)22-16(26)11(20)6-7-13(24)25/h9-12,14-15,31H,5-8,20H2,1-4H3,(H,21,28)(H,22,26)(H,23,27)(H,24,25)(H,29,30). The molecular weight excluding hydrogens is 428 g/mol. The van der Waals surface area contributed by atoms with Gasteiger partial charge in [0.1, 0.15) is 18.1 Å². The lowest BCUT2D eigenvalue weighted by Gasteiger charge is -2.27. The van der Waals surface area contributed by atoms with Gasteiger partial charge in [-0.05, 0) is 18.3 Å². The van der Waals surface area contributed by atoms with E-state index in [1.807, 2.05) is 0 Å². The van der Waals surface area contributed by atoms with E-state index in [-0.39, 0.29) is 30.4 Å². The molecule has 0 fully saturated rings. The van der Waals surface area contributed by atoms with Crippen molar-refractivity contribution >= 4 is 42.3 Å². The second-order valence-corrected chi connectivity index (χ2v) is 8.09. The molecule has 12 heteroatoms. The molecule has 0 bridgehead atoms. The number of aliphatic carboxylic acids is 2. The maximum atomic E-state index is 12.7. The van der Waals surface area contributed by atoms with Crippen molar-refractivity contribution in [2.75, 3.05) is 5.75 Å². The van der Waals surface area contributed by atoms with Crippen molar-refractivity contribution in [2.45, 2.75) is 71.1 Å². The number of nitrogens with one attached hydrogen (secondary N) is 3. The third-order valence-corrected chi connectivity index (χ3v) is 5.21. The minimum atomic E-state index is -1.19. The zero-order valence-electron chi connectivity index (χ0n) is 18.3. The van der Waals surface area contributed by atoms with Crippen LogP contribution >= 0.6 is 12.6 Å². The Balaban J connectivity index is 5.18. The van der Waals surface area contributed by atoms with Crippen molar-refractivity contribution in [3.05, 3.63) is 0 Å². The van der Waals surface area contributed by atoms with Gasteiger partial charge in [-0.25, -0.2) is 4.79 Å². The Morgan fingerprint density at radius 2 is 1.45 bits per heavy atom. The van der Waals surface area contributed by atoms with Gasteiger partial charge in [0.15, 0.2) is 0 Å². The van der Waals surface area contributed by atoms with Crippen LogP contribution in [0.3, 0.4) is 0 Å². The van der Waals surface area contributed by atoms with Crippen LogP contribution in [0.25, 0.3) is 0 Å². The fourth-order valence-corrected chi connectivity index (χ4v) is 2.85. The summed E-state index contributed by atoms with van der Waals surface area (Å²) in [6, 6.07) is -4.39. The number of carbonyl (C=O) groups is 5. The zero-order chi connectivity index (χ0) is 24.3. The number of hydrogen-bond donors (Lipinski definition) is 7. The Morgan fingerprint density at radius 1 is 0.903 bits per heavy atom. The van der Waals surface area contributed by atoms with E-state index in [2.05, 4.69) is 28.6 Å². The van der Waals surface area contributed by atoms with E-state index < -0.39 is 53.8 Å². The Morgan fingerprint density at radius 3 is 1.87 bits per heavy atom. The highest BCUT2D eigenvalue weighted by atomic mass is 32.1. The molecule has 0 heterocycles. The van der Waals surface area contributed by atoms with E-state index in [4.69, 9.17) is 10.8 Å². The van der Waals surface area contributed by atoms with Crippen molar-refractivity contribution in [1.29, 1.82) is 0 Å². The lowest BCUT2D eigenvalue weighted by atomic mass is 9.99. The highest BCUT2D eigenvalue weighted by Crippen LogP contribution is 2.09. The third kappa shape index (κ3) is 10.0. The fourth-order valence-electron chi connectivity index (χ4n) is 2.60. The number of carboxylic acid groups (broad SMARTS) is 2. The minimum absolute atomic E-state index is 0.0958. The van der Waals surface area contributed by atoms with E-state index in [0.717, 1.165) is 0 Å². The van der Waals surface area contributed by atoms with Gasteiger partial charge in [-0.3, -0.25) is 19.2 Å². The van der Waals surface area contributed by atoms with Gasteiger partial charge in [-0.15, -0.1) is 0 Å².